The SMILES string of the molecule is CC/C=C/CCC1CCC(CCC2CCC(CCc3cc(F)c(C#N)c(F)c3)CC2)CC1. The van der Waals surface area contributed by atoms with Gasteiger partial charge in [-0.3, -0.25) is 0 Å². The van der Waals surface area contributed by atoms with Crippen LogP contribution in [0.3, 0.4) is 0 Å². The van der Waals surface area contributed by atoms with Crippen LogP contribution in [0.1, 0.15) is 108 Å². The first-order valence-electron chi connectivity index (χ1n) is 13.1. The summed E-state index contributed by atoms with van der Waals surface area (Å²) in [4.78, 5) is 0. The van der Waals surface area contributed by atoms with Crippen LogP contribution in [0, 0.1) is 46.6 Å². The maximum Gasteiger partial charge on any atom is 0.144 e. The second-order valence-electron chi connectivity index (χ2n) is 10.4. The fraction of sp³-hybridized carbons (Fsp3) is 0.690. The highest BCUT2D eigenvalue weighted by atomic mass is 19.1. The van der Waals surface area contributed by atoms with Gasteiger partial charge in [-0.1, -0.05) is 83.3 Å². The maximum atomic E-state index is 13.8. The molecule has 2 saturated carbocycles. The van der Waals surface area contributed by atoms with Gasteiger partial charge in [0.25, 0.3) is 0 Å². The Hall–Kier alpha value is -1.69. The molecule has 0 heterocycles. The summed E-state index contributed by atoms with van der Waals surface area (Å²) in [6.07, 6.45) is 23.9. The summed E-state index contributed by atoms with van der Waals surface area (Å²) in [6, 6.07) is 4.27. The molecule has 0 bridgehead atoms. The predicted octanol–water partition coefficient (Wildman–Crippen LogP) is 8.91. The van der Waals surface area contributed by atoms with Gasteiger partial charge >= 0.3 is 0 Å². The summed E-state index contributed by atoms with van der Waals surface area (Å²) < 4.78 is 27.6. The molecule has 1 aromatic carbocycles. The summed E-state index contributed by atoms with van der Waals surface area (Å²) in [5.74, 6) is 2.01. The molecular weight excluding hydrogens is 400 g/mol. The standard InChI is InChI=1S/C29H41F2N/c1-2-3-4-5-6-22-7-9-23(10-8-22)11-12-24-13-15-25(16-14-24)17-18-26-19-28(30)27(21-32)29(31)20-26/h3-4,19-20,22-25H,2,5-18H2,1H3/b4-3+. The van der Waals surface area contributed by atoms with Gasteiger partial charge in [0.1, 0.15) is 23.3 Å². The zero-order valence-electron chi connectivity index (χ0n) is 19.9. The Bertz CT molecular complexity index is 739. The molecular formula is C29H41F2N. The highest BCUT2D eigenvalue weighted by molar-refractivity contribution is 5.35. The van der Waals surface area contributed by atoms with Crippen molar-refractivity contribution in [1.29, 1.82) is 5.26 Å². The zero-order valence-corrected chi connectivity index (χ0v) is 19.9. The lowest BCUT2D eigenvalue weighted by Crippen LogP contribution is -2.18. The third-order valence-electron chi connectivity index (χ3n) is 8.11. The molecule has 0 aromatic heterocycles. The molecule has 1 aromatic rings. The van der Waals surface area contributed by atoms with Crippen molar-refractivity contribution in [2.45, 2.75) is 103 Å². The van der Waals surface area contributed by atoms with Gasteiger partial charge in [0, 0.05) is 0 Å². The number of nitrogens with zero attached hydrogens (tertiary/aromatic N) is 1. The Balaban J connectivity index is 1.29. The highest BCUT2D eigenvalue weighted by Crippen LogP contribution is 2.38. The van der Waals surface area contributed by atoms with Crippen molar-refractivity contribution in [2.75, 3.05) is 0 Å². The first-order valence-corrected chi connectivity index (χ1v) is 13.1. The molecule has 0 spiro atoms. The third-order valence-corrected chi connectivity index (χ3v) is 8.11. The number of halogens is 2. The summed E-state index contributed by atoms with van der Waals surface area (Å²) in [5, 5.41) is 8.80. The predicted molar refractivity (Wildman–Crippen MR) is 128 cm³/mol. The molecule has 0 aliphatic heterocycles. The van der Waals surface area contributed by atoms with E-state index in [1.165, 1.54) is 89.2 Å². The molecule has 2 aliphatic carbocycles. The molecule has 32 heavy (non-hydrogen) atoms. The smallest absolute Gasteiger partial charge is 0.144 e. The van der Waals surface area contributed by atoms with Gasteiger partial charge in [-0.2, -0.15) is 5.26 Å². The molecule has 0 radical (unpaired) electrons. The Morgan fingerprint density at radius 1 is 0.781 bits per heavy atom. The van der Waals surface area contributed by atoms with Gasteiger partial charge in [0.2, 0.25) is 0 Å². The van der Waals surface area contributed by atoms with Crippen LogP contribution in [0.2, 0.25) is 0 Å². The average molecular weight is 442 g/mol. The fourth-order valence-corrected chi connectivity index (χ4v) is 5.95. The van der Waals surface area contributed by atoms with Crippen molar-refractivity contribution in [2.24, 2.45) is 23.7 Å². The quantitative estimate of drug-likeness (QED) is 0.332. The van der Waals surface area contributed by atoms with Gasteiger partial charge in [-0.25, -0.2) is 8.78 Å². The van der Waals surface area contributed by atoms with E-state index in [0.29, 0.717) is 17.9 Å². The van der Waals surface area contributed by atoms with Crippen molar-refractivity contribution in [3.8, 4) is 6.07 Å². The van der Waals surface area contributed by atoms with Gasteiger partial charge in [0.15, 0.2) is 0 Å². The molecule has 0 atom stereocenters. The van der Waals surface area contributed by atoms with Gasteiger partial charge in [-0.05, 0) is 73.5 Å². The summed E-state index contributed by atoms with van der Waals surface area (Å²) in [7, 11) is 0. The molecule has 0 N–H and O–H groups in total. The number of benzene rings is 1. The number of hydrogen-bond acceptors (Lipinski definition) is 1. The molecule has 176 valence electrons. The van der Waals surface area contributed by atoms with Crippen LogP contribution < -0.4 is 0 Å². The minimum Gasteiger partial charge on any atom is -0.205 e. The topological polar surface area (TPSA) is 23.8 Å². The molecule has 3 heteroatoms. The summed E-state index contributed by atoms with van der Waals surface area (Å²) in [6.45, 7) is 2.20. The number of rotatable bonds is 10. The number of nitriles is 1. The first-order chi connectivity index (χ1) is 15.6. The average Bonchev–Trinajstić information content (AvgIpc) is 2.80. The van der Waals surface area contributed by atoms with Gasteiger partial charge < -0.3 is 0 Å². The second kappa shape index (κ2) is 13.1. The highest BCUT2D eigenvalue weighted by Gasteiger charge is 2.24. The van der Waals surface area contributed by atoms with E-state index in [-0.39, 0.29) is 0 Å². The van der Waals surface area contributed by atoms with E-state index in [1.54, 1.807) is 6.07 Å². The van der Waals surface area contributed by atoms with Crippen molar-refractivity contribution in [1.82, 2.24) is 0 Å². The normalized spacial score (nSPS) is 26.3. The van der Waals surface area contributed by atoms with Crippen LogP contribution in [0.25, 0.3) is 0 Å². The Labute approximate surface area is 194 Å². The van der Waals surface area contributed by atoms with Crippen molar-refractivity contribution in [3.05, 3.63) is 47.0 Å². The van der Waals surface area contributed by atoms with Crippen molar-refractivity contribution < 1.29 is 8.78 Å². The number of allylic oxidation sites excluding steroid dienone is 2. The number of hydrogen-bond donors (Lipinski definition) is 0. The largest absolute Gasteiger partial charge is 0.205 e. The van der Waals surface area contributed by atoms with E-state index in [1.807, 2.05) is 0 Å². The Morgan fingerprint density at radius 2 is 1.25 bits per heavy atom. The first kappa shape index (κ1) is 24.9. The van der Waals surface area contributed by atoms with E-state index in [2.05, 4.69) is 19.1 Å². The molecule has 3 rings (SSSR count). The Kier molecular flexibility index (Phi) is 10.2. The molecule has 2 aliphatic rings. The zero-order chi connectivity index (χ0) is 22.8. The number of aryl methyl sites for hydroxylation is 1. The van der Waals surface area contributed by atoms with Crippen molar-refractivity contribution in [3.63, 3.8) is 0 Å². The van der Waals surface area contributed by atoms with E-state index in [4.69, 9.17) is 5.26 Å². The molecule has 1 nitrogen and oxygen atoms in total. The van der Waals surface area contributed by atoms with Crippen LogP contribution in [-0.4, -0.2) is 0 Å². The Morgan fingerprint density at radius 3 is 1.72 bits per heavy atom. The minimum atomic E-state index is -0.728. The fourth-order valence-electron chi connectivity index (χ4n) is 5.95. The molecule has 0 amide bonds. The molecule has 0 unspecified atom stereocenters. The third kappa shape index (κ3) is 7.72. The minimum absolute atomic E-state index is 0.466. The lowest BCUT2D eigenvalue weighted by atomic mass is 9.74. The van der Waals surface area contributed by atoms with E-state index >= 15 is 0 Å². The van der Waals surface area contributed by atoms with Crippen LogP contribution in [0.15, 0.2) is 24.3 Å². The van der Waals surface area contributed by atoms with Gasteiger partial charge in [0.05, 0.1) is 0 Å². The van der Waals surface area contributed by atoms with Crippen LogP contribution in [0.4, 0.5) is 8.78 Å². The maximum absolute atomic E-state index is 13.8. The van der Waals surface area contributed by atoms with Crippen LogP contribution in [-0.2, 0) is 6.42 Å². The van der Waals surface area contributed by atoms with Crippen LogP contribution in [0.5, 0.6) is 0 Å². The lowest BCUT2D eigenvalue weighted by molar-refractivity contribution is 0.210. The summed E-state index contributed by atoms with van der Waals surface area (Å²) in [5.41, 5.74) is 0.213. The molecule has 2 fully saturated rings. The second-order valence-corrected chi connectivity index (χ2v) is 10.4. The monoisotopic (exact) mass is 441 g/mol. The summed E-state index contributed by atoms with van der Waals surface area (Å²) >= 11 is 0. The van der Waals surface area contributed by atoms with E-state index in [9.17, 15) is 8.78 Å². The lowest BCUT2D eigenvalue weighted by Gasteiger charge is -2.32. The molecule has 0 saturated heterocycles. The van der Waals surface area contributed by atoms with E-state index in [0.717, 1.165) is 30.6 Å². The van der Waals surface area contributed by atoms with Crippen molar-refractivity contribution >= 4 is 0 Å². The van der Waals surface area contributed by atoms with Gasteiger partial charge in [-0.15, -0.1) is 0 Å². The van der Waals surface area contributed by atoms with E-state index < -0.39 is 17.2 Å². The van der Waals surface area contributed by atoms with Crippen LogP contribution >= 0.6 is 0 Å².